The lowest BCUT2D eigenvalue weighted by molar-refractivity contribution is 0.0431. The van der Waals surface area contributed by atoms with Crippen molar-refractivity contribution in [3.8, 4) is 0 Å². The van der Waals surface area contributed by atoms with Gasteiger partial charge in [-0.15, -0.1) is 0 Å². The van der Waals surface area contributed by atoms with E-state index in [-0.39, 0.29) is 12.0 Å². The quantitative estimate of drug-likeness (QED) is 0.883. The van der Waals surface area contributed by atoms with Gasteiger partial charge < -0.3 is 9.84 Å². The van der Waals surface area contributed by atoms with Crippen LogP contribution in [0.1, 0.15) is 25.0 Å². The fourth-order valence-corrected chi connectivity index (χ4v) is 2.41. The summed E-state index contributed by atoms with van der Waals surface area (Å²) in [5, 5.41) is 11.2. The van der Waals surface area contributed by atoms with Gasteiger partial charge in [0.25, 0.3) is 0 Å². The molecule has 1 N–H and O–H groups in total. The first kappa shape index (κ1) is 12.2. The summed E-state index contributed by atoms with van der Waals surface area (Å²) in [7, 11) is 0. The zero-order valence-electron chi connectivity index (χ0n) is 8.99. The zero-order chi connectivity index (χ0) is 11.7. The predicted octanol–water partition coefficient (Wildman–Crippen LogP) is 3.45. The summed E-state index contributed by atoms with van der Waals surface area (Å²) < 4.78 is 5.44. The Balaban J connectivity index is 2.20. The third-order valence-electron chi connectivity index (χ3n) is 3.13. The monoisotopic (exact) mass is 260 g/mol. The molecule has 16 heavy (non-hydrogen) atoms. The summed E-state index contributed by atoms with van der Waals surface area (Å²) in [4.78, 5) is 0. The van der Waals surface area contributed by atoms with Crippen molar-refractivity contribution < 1.29 is 9.84 Å². The first-order valence-corrected chi connectivity index (χ1v) is 6.10. The topological polar surface area (TPSA) is 29.5 Å². The minimum absolute atomic E-state index is 0.0875. The molecule has 1 aliphatic heterocycles. The standard InChI is InChI=1S/C12H14Cl2O2/c1-7-9(4-5-16-7)12(15)8-2-3-10(13)11(14)6-8/h2-3,6-7,9,12,15H,4-5H2,1H3. The van der Waals surface area contributed by atoms with Gasteiger partial charge in [0.2, 0.25) is 0 Å². The molecule has 1 heterocycles. The molecule has 1 saturated heterocycles. The van der Waals surface area contributed by atoms with Crippen molar-refractivity contribution in [2.45, 2.75) is 25.6 Å². The second-order valence-corrected chi connectivity index (χ2v) is 4.96. The van der Waals surface area contributed by atoms with Crippen molar-refractivity contribution >= 4 is 23.2 Å². The van der Waals surface area contributed by atoms with Crippen molar-refractivity contribution in [2.24, 2.45) is 5.92 Å². The molecule has 0 bridgehead atoms. The second kappa shape index (κ2) is 4.92. The van der Waals surface area contributed by atoms with Crippen molar-refractivity contribution in [1.82, 2.24) is 0 Å². The summed E-state index contributed by atoms with van der Waals surface area (Å²) in [5.41, 5.74) is 0.803. The van der Waals surface area contributed by atoms with Crippen LogP contribution in [0.2, 0.25) is 10.0 Å². The van der Waals surface area contributed by atoms with Crippen LogP contribution in [0.4, 0.5) is 0 Å². The van der Waals surface area contributed by atoms with E-state index < -0.39 is 6.10 Å². The van der Waals surface area contributed by atoms with Gasteiger partial charge in [-0.05, 0) is 31.0 Å². The van der Waals surface area contributed by atoms with E-state index in [9.17, 15) is 5.11 Å². The van der Waals surface area contributed by atoms with Gasteiger partial charge >= 0.3 is 0 Å². The van der Waals surface area contributed by atoms with Gasteiger partial charge in [0.05, 0.1) is 22.3 Å². The van der Waals surface area contributed by atoms with Gasteiger partial charge in [0.15, 0.2) is 0 Å². The molecule has 0 aliphatic carbocycles. The lowest BCUT2D eigenvalue weighted by atomic mass is 9.91. The first-order chi connectivity index (χ1) is 7.59. The van der Waals surface area contributed by atoms with Crippen molar-refractivity contribution in [3.63, 3.8) is 0 Å². The molecule has 0 radical (unpaired) electrons. The van der Waals surface area contributed by atoms with Gasteiger partial charge in [0, 0.05) is 12.5 Å². The highest BCUT2D eigenvalue weighted by molar-refractivity contribution is 6.42. The van der Waals surface area contributed by atoms with Crippen LogP contribution >= 0.6 is 23.2 Å². The van der Waals surface area contributed by atoms with E-state index in [1.807, 2.05) is 13.0 Å². The number of benzene rings is 1. The Labute approximate surface area is 105 Å². The molecule has 3 atom stereocenters. The average molecular weight is 261 g/mol. The minimum atomic E-state index is -0.535. The van der Waals surface area contributed by atoms with E-state index in [0.29, 0.717) is 16.7 Å². The van der Waals surface area contributed by atoms with Crippen molar-refractivity contribution in [1.29, 1.82) is 0 Å². The Kier molecular flexibility index (Phi) is 3.75. The van der Waals surface area contributed by atoms with E-state index in [1.54, 1.807) is 12.1 Å². The molecule has 0 aromatic heterocycles. The Hall–Kier alpha value is -0.280. The van der Waals surface area contributed by atoms with Crippen LogP contribution in [0.5, 0.6) is 0 Å². The van der Waals surface area contributed by atoms with E-state index in [1.165, 1.54) is 0 Å². The molecule has 1 aromatic rings. The number of halogens is 2. The van der Waals surface area contributed by atoms with E-state index >= 15 is 0 Å². The third kappa shape index (κ3) is 2.35. The second-order valence-electron chi connectivity index (χ2n) is 4.15. The summed E-state index contributed by atoms with van der Waals surface area (Å²) in [5.74, 6) is 0.136. The Morgan fingerprint density at radius 2 is 2.12 bits per heavy atom. The summed E-state index contributed by atoms with van der Waals surface area (Å²) in [6, 6.07) is 5.24. The fourth-order valence-electron chi connectivity index (χ4n) is 2.11. The van der Waals surface area contributed by atoms with Crippen molar-refractivity contribution in [3.05, 3.63) is 33.8 Å². The third-order valence-corrected chi connectivity index (χ3v) is 3.86. The molecular formula is C12H14Cl2O2. The SMILES string of the molecule is CC1OCCC1C(O)c1ccc(Cl)c(Cl)c1. The molecule has 1 aromatic carbocycles. The summed E-state index contributed by atoms with van der Waals surface area (Å²) in [6.45, 7) is 2.70. The van der Waals surface area contributed by atoms with Gasteiger partial charge in [-0.3, -0.25) is 0 Å². The van der Waals surface area contributed by atoms with E-state index in [0.717, 1.165) is 12.0 Å². The summed E-state index contributed by atoms with van der Waals surface area (Å²) in [6.07, 6.45) is 0.430. The van der Waals surface area contributed by atoms with Gasteiger partial charge in [-0.1, -0.05) is 29.3 Å². The zero-order valence-corrected chi connectivity index (χ0v) is 10.5. The molecule has 0 saturated carbocycles. The molecule has 3 unspecified atom stereocenters. The molecule has 1 fully saturated rings. The highest BCUT2D eigenvalue weighted by atomic mass is 35.5. The van der Waals surface area contributed by atoms with Crippen LogP contribution in [0.25, 0.3) is 0 Å². The maximum absolute atomic E-state index is 10.2. The highest BCUT2D eigenvalue weighted by Gasteiger charge is 2.31. The smallest absolute Gasteiger partial charge is 0.0844 e. The maximum Gasteiger partial charge on any atom is 0.0844 e. The average Bonchev–Trinajstić information content (AvgIpc) is 2.67. The highest BCUT2D eigenvalue weighted by Crippen LogP contribution is 2.35. The molecule has 2 nitrogen and oxygen atoms in total. The van der Waals surface area contributed by atoms with Crippen LogP contribution in [-0.4, -0.2) is 17.8 Å². The fraction of sp³-hybridized carbons (Fsp3) is 0.500. The Bertz CT molecular complexity index is 381. The van der Waals surface area contributed by atoms with Crippen LogP contribution in [0, 0.1) is 5.92 Å². The van der Waals surface area contributed by atoms with Crippen LogP contribution in [0.15, 0.2) is 18.2 Å². The molecular weight excluding hydrogens is 247 g/mol. The van der Waals surface area contributed by atoms with E-state index in [4.69, 9.17) is 27.9 Å². The van der Waals surface area contributed by atoms with Crippen LogP contribution in [0.3, 0.4) is 0 Å². The lowest BCUT2D eigenvalue weighted by Gasteiger charge is -2.21. The molecule has 1 aliphatic rings. The van der Waals surface area contributed by atoms with Gasteiger partial charge in [-0.25, -0.2) is 0 Å². The first-order valence-electron chi connectivity index (χ1n) is 5.34. The molecule has 4 heteroatoms. The number of ether oxygens (including phenoxy) is 1. The number of hydrogen-bond acceptors (Lipinski definition) is 2. The normalized spacial score (nSPS) is 27.0. The number of aliphatic hydroxyl groups excluding tert-OH is 1. The molecule has 0 spiro atoms. The van der Waals surface area contributed by atoms with Crippen LogP contribution < -0.4 is 0 Å². The lowest BCUT2D eigenvalue weighted by Crippen LogP contribution is -2.19. The molecule has 2 rings (SSSR count). The molecule has 88 valence electrons. The number of aliphatic hydroxyl groups is 1. The number of rotatable bonds is 2. The number of hydrogen-bond donors (Lipinski definition) is 1. The summed E-state index contributed by atoms with van der Waals surface area (Å²) >= 11 is 11.8. The van der Waals surface area contributed by atoms with Crippen LogP contribution in [-0.2, 0) is 4.74 Å². The predicted molar refractivity (Wildman–Crippen MR) is 64.9 cm³/mol. The minimum Gasteiger partial charge on any atom is -0.388 e. The largest absolute Gasteiger partial charge is 0.388 e. The van der Waals surface area contributed by atoms with Gasteiger partial charge in [-0.2, -0.15) is 0 Å². The molecule has 0 amide bonds. The Morgan fingerprint density at radius 3 is 2.69 bits per heavy atom. The maximum atomic E-state index is 10.2. The Morgan fingerprint density at radius 1 is 1.38 bits per heavy atom. The van der Waals surface area contributed by atoms with Gasteiger partial charge in [0.1, 0.15) is 0 Å². The van der Waals surface area contributed by atoms with Crippen molar-refractivity contribution in [2.75, 3.05) is 6.61 Å². The van der Waals surface area contributed by atoms with E-state index in [2.05, 4.69) is 0 Å².